The quantitative estimate of drug-likeness (QED) is 0.544. The number of anilines is 1. The Balaban J connectivity index is 1.31. The lowest BCUT2D eigenvalue weighted by Gasteiger charge is -2.43. The third kappa shape index (κ3) is 5.13. The van der Waals surface area contributed by atoms with Crippen LogP contribution in [0.2, 0.25) is 5.02 Å². The molecular weight excluding hydrogens is 406 g/mol. The summed E-state index contributed by atoms with van der Waals surface area (Å²) in [6, 6.07) is 8.50. The topological polar surface area (TPSA) is 52.1 Å². The number of ether oxygens (including phenoxy) is 1. The highest BCUT2D eigenvalue weighted by Crippen LogP contribution is 2.33. The number of halogens is 1. The Morgan fingerprint density at radius 1 is 1.34 bits per heavy atom. The van der Waals surface area contributed by atoms with Crippen LogP contribution in [0.1, 0.15) is 12.8 Å². The lowest BCUT2D eigenvalue weighted by atomic mass is 9.95. The molecule has 2 atom stereocenters. The molecule has 0 bridgehead atoms. The normalized spacial score (nSPS) is 28.7. The standard InChI is InChI=1S/C21H32ClN5OS/c1-23-20(24-15-21(6-12-29-16-21)27-8-10-28-11-9-27)25-18-5-7-26(14-18)19-4-2-3-17(22)13-19/h2-4,13,18H,5-12,14-16H2,1H3,(H2,23,24,25). The van der Waals surface area contributed by atoms with Crippen LogP contribution in [0.5, 0.6) is 0 Å². The van der Waals surface area contributed by atoms with Crippen molar-refractivity contribution in [3.05, 3.63) is 29.3 Å². The maximum Gasteiger partial charge on any atom is 0.191 e. The first-order chi connectivity index (χ1) is 14.2. The highest BCUT2D eigenvalue weighted by molar-refractivity contribution is 7.99. The zero-order valence-corrected chi connectivity index (χ0v) is 18.8. The molecule has 3 saturated heterocycles. The van der Waals surface area contributed by atoms with E-state index in [1.807, 2.05) is 25.2 Å². The van der Waals surface area contributed by atoms with Crippen molar-refractivity contribution in [1.82, 2.24) is 15.5 Å². The number of nitrogens with one attached hydrogen (secondary N) is 2. The van der Waals surface area contributed by atoms with E-state index in [4.69, 9.17) is 16.3 Å². The molecule has 29 heavy (non-hydrogen) atoms. The molecule has 3 aliphatic rings. The van der Waals surface area contributed by atoms with Crippen molar-refractivity contribution in [2.75, 3.05) is 69.4 Å². The lowest BCUT2D eigenvalue weighted by molar-refractivity contribution is -0.0120. The van der Waals surface area contributed by atoms with E-state index in [1.165, 1.54) is 23.6 Å². The fraction of sp³-hybridized carbons (Fsp3) is 0.667. The van der Waals surface area contributed by atoms with Gasteiger partial charge in [0, 0.05) is 67.8 Å². The first-order valence-electron chi connectivity index (χ1n) is 10.6. The van der Waals surface area contributed by atoms with E-state index < -0.39 is 0 Å². The fourth-order valence-electron chi connectivity index (χ4n) is 4.56. The van der Waals surface area contributed by atoms with Crippen molar-refractivity contribution in [2.45, 2.75) is 24.4 Å². The van der Waals surface area contributed by atoms with Crippen LogP contribution in [0.25, 0.3) is 0 Å². The monoisotopic (exact) mass is 437 g/mol. The lowest BCUT2D eigenvalue weighted by Crippen LogP contribution is -2.60. The Hall–Kier alpha value is -1.15. The average molecular weight is 438 g/mol. The molecule has 0 aliphatic carbocycles. The van der Waals surface area contributed by atoms with Crippen molar-refractivity contribution >= 4 is 35.0 Å². The van der Waals surface area contributed by atoms with Gasteiger partial charge in [0.25, 0.3) is 0 Å². The van der Waals surface area contributed by atoms with Gasteiger partial charge in [-0.25, -0.2) is 0 Å². The van der Waals surface area contributed by atoms with Crippen LogP contribution >= 0.6 is 23.4 Å². The van der Waals surface area contributed by atoms with E-state index in [2.05, 4.69) is 43.3 Å². The van der Waals surface area contributed by atoms with Crippen LogP contribution in [0, 0.1) is 0 Å². The zero-order chi connectivity index (χ0) is 20.1. The summed E-state index contributed by atoms with van der Waals surface area (Å²) in [6.45, 7) is 6.69. The van der Waals surface area contributed by atoms with Crippen molar-refractivity contribution in [3.63, 3.8) is 0 Å². The summed E-state index contributed by atoms with van der Waals surface area (Å²) in [4.78, 5) is 9.53. The first-order valence-corrected chi connectivity index (χ1v) is 12.1. The predicted octanol–water partition coefficient (Wildman–Crippen LogP) is 2.29. The van der Waals surface area contributed by atoms with Crippen molar-refractivity contribution in [1.29, 1.82) is 0 Å². The van der Waals surface area contributed by atoms with E-state index in [1.54, 1.807) is 0 Å². The number of hydrogen-bond donors (Lipinski definition) is 2. The molecule has 8 heteroatoms. The van der Waals surface area contributed by atoms with Crippen LogP contribution in [-0.2, 0) is 4.74 Å². The van der Waals surface area contributed by atoms with Gasteiger partial charge in [-0.05, 0) is 36.8 Å². The molecule has 0 aromatic heterocycles. The van der Waals surface area contributed by atoms with Gasteiger partial charge in [0.2, 0.25) is 0 Å². The number of aliphatic imine (C=N–C) groups is 1. The second-order valence-electron chi connectivity index (χ2n) is 8.11. The van der Waals surface area contributed by atoms with Crippen LogP contribution in [0.15, 0.2) is 29.3 Å². The summed E-state index contributed by atoms with van der Waals surface area (Å²) in [7, 11) is 1.86. The summed E-state index contributed by atoms with van der Waals surface area (Å²) in [5, 5.41) is 8.07. The van der Waals surface area contributed by atoms with Gasteiger partial charge in [-0.1, -0.05) is 17.7 Å². The van der Waals surface area contributed by atoms with Gasteiger partial charge in [0.15, 0.2) is 5.96 Å². The van der Waals surface area contributed by atoms with E-state index in [0.717, 1.165) is 63.3 Å². The summed E-state index contributed by atoms with van der Waals surface area (Å²) in [5.74, 6) is 3.33. The molecule has 3 heterocycles. The number of hydrogen-bond acceptors (Lipinski definition) is 5. The second-order valence-corrected chi connectivity index (χ2v) is 9.65. The number of benzene rings is 1. The maximum absolute atomic E-state index is 6.16. The molecule has 3 fully saturated rings. The number of morpholine rings is 1. The molecule has 0 radical (unpaired) electrons. The number of rotatable bonds is 5. The van der Waals surface area contributed by atoms with Gasteiger partial charge in [0.05, 0.1) is 13.2 Å². The van der Waals surface area contributed by atoms with Crippen LogP contribution < -0.4 is 15.5 Å². The molecule has 2 unspecified atom stereocenters. The molecule has 3 aliphatic heterocycles. The summed E-state index contributed by atoms with van der Waals surface area (Å²) >= 11 is 8.23. The van der Waals surface area contributed by atoms with Crippen molar-refractivity contribution < 1.29 is 4.74 Å². The van der Waals surface area contributed by atoms with E-state index in [-0.39, 0.29) is 5.54 Å². The Labute approximate surface area is 183 Å². The van der Waals surface area contributed by atoms with Crippen LogP contribution in [0.4, 0.5) is 5.69 Å². The highest BCUT2D eigenvalue weighted by atomic mass is 35.5. The van der Waals surface area contributed by atoms with Gasteiger partial charge in [0.1, 0.15) is 0 Å². The SMILES string of the molecule is CN=C(NCC1(N2CCOCC2)CCSC1)NC1CCN(c2cccc(Cl)c2)C1. The summed E-state index contributed by atoms with van der Waals surface area (Å²) < 4.78 is 5.58. The third-order valence-corrected chi connectivity index (χ3v) is 7.74. The maximum atomic E-state index is 6.16. The van der Waals surface area contributed by atoms with Gasteiger partial charge < -0.3 is 20.3 Å². The molecule has 2 N–H and O–H groups in total. The minimum Gasteiger partial charge on any atom is -0.379 e. The smallest absolute Gasteiger partial charge is 0.191 e. The zero-order valence-electron chi connectivity index (χ0n) is 17.2. The Morgan fingerprint density at radius 3 is 2.93 bits per heavy atom. The first kappa shape index (κ1) is 21.1. The molecule has 0 spiro atoms. The molecule has 0 saturated carbocycles. The Morgan fingerprint density at radius 2 is 2.21 bits per heavy atom. The molecule has 1 aromatic carbocycles. The number of nitrogens with zero attached hydrogens (tertiary/aromatic N) is 3. The minimum absolute atomic E-state index is 0.217. The second kappa shape index (κ2) is 9.77. The van der Waals surface area contributed by atoms with Crippen molar-refractivity contribution in [3.8, 4) is 0 Å². The van der Waals surface area contributed by atoms with Crippen LogP contribution in [0.3, 0.4) is 0 Å². The Kier molecular flexibility index (Phi) is 7.11. The minimum atomic E-state index is 0.217. The molecule has 1 aromatic rings. The van der Waals surface area contributed by atoms with E-state index in [0.29, 0.717) is 6.04 Å². The largest absolute Gasteiger partial charge is 0.379 e. The number of guanidine groups is 1. The van der Waals surface area contributed by atoms with Gasteiger partial charge in [-0.2, -0.15) is 11.8 Å². The molecule has 6 nitrogen and oxygen atoms in total. The van der Waals surface area contributed by atoms with E-state index >= 15 is 0 Å². The molecule has 4 rings (SSSR count). The average Bonchev–Trinajstić information content (AvgIpc) is 3.42. The van der Waals surface area contributed by atoms with E-state index in [9.17, 15) is 0 Å². The van der Waals surface area contributed by atoms with Crippen LogP contribution in [-0.4, -0.2) is 86.9 Å². The molecule has 160 valence electrons. The highest BCUT2D eigenvalue weighted by Gasteiger charge is 2.40. The molecule has 0 amide bonds. The van der Waals surface area contributed by atoms with Gasteiger partial charge in [-0.15, -0.1) is 0 Å². The molecular formula is C21H32ClN5OS. The van der Waals surface area contributed by atoms with Gasteiger partial charge in [-0.3, -0.25) is 9.89 Å². The van der Waals surface area contributed by atoms with Crippen molar-refractivity contribution in [2.24, 2.45) is 4.99 Å². The summed E-state index contributed by atoms with van der Waals surface area (Å²) in [6.07, 6.45) is 2.32. The number of thioether (sulfide) groups is 1. The third-order valence-electron chi connectivity index (χ3n) is 6.28. The summed E-state index contributed by atoms with van der Waals surface area (Å²) in [5.41, 5.74) is 1.41. The van der Waals surface area contributed by atoms with Gasteiger partial charge >= 0.3 is 0 Å². The predicted molar refractivity (Wildman–Crippen MR) is 124 cm³/mol. The fourth-order valence-corrected chi connectivity index (χ4v) is 6.22. The Bertz CT molecular complexity index is 706.